The van der Waals surface area contributed by atoms with Gasteiger partial charge in [0.1, 0.15) is 5.82 Å². The average Bonchev–Trinajstić information content (AvgIpc) is 2.95. The maximum absolute atomic E-state index is 11.7. The number of carbonyl (C=O) groups excluding carboxylic acids is 1. The van der Waals surface area contributed by atoms with Crippen molar-refractivity contribution < 1.29 is 9.53 Å². The van der Waals surface area contributed by atoms with Gasteiger partial charge in [0.05, 0.1) is 7.11 Å². The van der Waals surface area contributed by atoms with Gasteiger partial charge in [0.25, 0.3) is 0 Å². The van der Waals surface area contributed by atoms with Crippen LogP contribution in [0.1, 0.15) is 43.0 Å². The zero-order valence-electron chi connectivity index (χ0n) is 13.2. The summed E-state index contributed by atoms with van der Waals surface area (Å²) in [6.45, 7) is 8.08. The molecule has 1 aliphatic heterocycles. The highest BCUT2D eigenvalue weighted by atomic mass is 16.5. The molecule has 2 heterocycles. The average molecular weight is 292 g/mol. The van der Waals surface area contributed by atoms with Gasteiger partial charge in [0, 0.05) is 30.4 Å². The number of anilines is 1. The van der Waals surface area contributed by atoms with Crippen molar-refractivity contribution in [2.24, 2.45) is 0 Å². The van der Waals surface area contributed by atoms with Crippen molar-refractivity contribution in [3.8, 4) is 0 Å². The lowest BCUT2D eigenvalue weighted by Gasteiger charge is -2.30. The molecule has 6 heteroatoms. The van der Waals surface area contributed by atoms with E-state index in [0.29, 0.717) is 12.1 Å². The van der Waals surface area contributed by atoms with Gasteiger partial charge in [-0.25, -0.2) is 14.8 Å². The van der Waals surface area contributed by atoms with Crippen molar-refractivity contribution in [1.82, 2.24) is 15.3 Å². The SMILES string of the molecule is COC(=O)c1nc(C)cc(N(CC2CCCN2)C(C)C)n1. The number of methoxy groups -OCH3 is 1. The predicted octanol–water partition coefficient (Wildman–Crippen LogP) is 1.54. The molecule has 0 aromatic carbocycles. The van der Waals surface area contributed by atoms with Gasteiger partial charge in [-0.15, -0.1) is 0 Å². The molecule has 1 fully saturated rings. The zero-order chi connectivity index (χ0) is 15.4. The number of ether oxygens (including phenoxy) is 1. The van der Waals surface area contributed by atoms with E-state index in [1.165, 1.54) is 20.0 Å². The van der Waals surface area contributed by atoms with Crippen LogP contribution in [0.3, 0.4) is 0 Å². The Bertz CT molecular complexity index is 498. The van der Waals surface area contributed by atoms with E-state index in [0.717, 1.165) is 24.6 Å². The van der Waals surface area contributed by atoms with Crippen molar-refractivity contribution in [2.75, 3.05) is 25.1 Å². The molecule has 1 aliphatic rings. The minimum atomic E-state index is -0.498. The predicted molar refractivity (Wildman–Crippen MR) is 81.6 cm³/mol. The summed E-state index contributed by atoms with van der Waals surface area (Å²) in [5.41, 5.74) is 0.769. The van der Waals surface area contributed by atoms with E-state index in [1.54, 1.807) is 0 Å². The fourth-order valence-corrected chi connectivity index (χ4v) is 2.60. The standard InChI is InChI=1S/C15H24N4O2/c1-10(2)19(9-12-6-5-7-16-12)13-8-11(3)17-14(18-13)15(20)21-4/h8,10,12,16H,5-7,9H2,1-4H3. The molecule has 0 aliphatic carbocycles. The Morgan fingerprint density at radius 2 is 2.29 bits per heavy atom. The maximum atomic E-state index is 11.7. The number of aryl methyl sites for hydroxylation is 1. The second-order valence-electron chi connectivity index (χ2n) is 5.72. The molecule has 1 unspecified atom stereocenters. The smallest absolute Gasteiger partial charge is 0.376 e. The summed E-state index contributed by atoms with van der Waals surface area (Å²) in [6, 6.07) is 2.69. The first-order chi connectivity index (χ1) is 10.0. The van der Waals surface area contributed by atoms with E-state index in [-0.39, 0.29) is 5.82 Å². The van der Waals surface area contributed by atoms with Crippen molar-refractivity contribution in [1.29, 1.82) is 0 Å². The Morgan fingerprint density at radius 1 is 1.52 bits per heavy atom. The Balaban J connectivity index is 2.26. The Morgan fingerprint density at radius 3 is 2.86 bits per heavy atom. The fraction of sp³-hybridized carbons (Fsp3) is 0.667. The van der Waals surface area contributed by atoms with E-state index < -0.39 is 5.97 Å². The van der Waals surface area contributed by atoms with Crippen molar-refractivity contribution in [2.45, 2.75) is 45.7 Å². The molecule has 0 radical (unpaired) electrons. The van der Waals surface area contributed by atoms with E-state index in [2.05, 4.69) is 34.0 Å². The van der Waals surface area contributed by atoms with Crippen LogP contribution in [-0.2, 0) is 4.74 Å². The molecule has 1 saturated heterocycles. The molecule has 1 aromatic rings. The first-order valence-corrected chi connectivity index (χ1v) is 7.45. The number of hydrogen-bond donors (Lipinski definition) is 1. The van der Waals surface area contributed by atoms with Crippen LogP contribution in [0.4, 0.5) is 5.82 Å². The third-order valence-electron chi connectivity index (χ3n) is 3.71. The number of esters is 1. The van der Waals surface area contributed by atoms with Gasteiger partial charge < -0.3 is 15.0 Å². The van der Waals surface area contributed by atoms with Gasteiger partial charge in [0.15, 0.2) is 0 Å². The van der Waals surface area contributed by atoms with E-state index >= 15 is 0 Å². The Labute approximate surface area is 125 Å². The summed E-state index contributed by atoms with van der Waals surface area (Å²) in [4.78, 5) is 22.4. The fourth-order valence-electron chi connectivity index (χ4n) is 2.60. The van der Waals surface area contributed by atoms with Gasteiger partial charge in [-0.1, -0.05) is 0 Å². The number of carbonyl (C=O) groups is 1. The molecule has 116 valence electrons. The van der Waals surface area contributed by atoms with Gasteiger partial charge in [-0.3, -0.25) is 0 Å². The quantitative estimate of drug-likeness (QED) is 0.830. The van der Waals surface area contributed by atoms with Crippen LogP contribution in [0.5, 0.6) is 0 Å². The monoisotopic (exact) mass is 292 g/mol. The molecular formula is C15H24N4O2. The largest absolute Gasteiger partial charge is 0.463 e. The first-order valence-electron chi connectivity index (χ1n) is 7.45. The summed E-state index contributed by atoms with van der Waals surface area (Å²) in [5, 5.41) is 3.50. The van der Waals surface area contributed by atoms with Crippen molar-refractivity contribution in [3.63, 3.8) is 0 Å². The molecule has 1 atom stereocenters. The lowest BCUT2D eigenvalue weighted by atomic mass is 10.2. The molecule has 6 nitrogen and oxygen atoms in total. The van der Waals surface area contributed by atoms with Gasteiger partial charge >= 0.3 is 5.97 Å². The normalized spacial score (nSPS) is 18.0. The highest BCUT2D eigenvalue weighted by Gasteiger charge is 2.22. The van der Waals surface area contributed by atoms with E-state index in [4.69, 9.17) is 4.74 Å². The van der Waals surface area contributed by atoms with Gasteiger partial charge in [0.2, 0.25) is 5.82 Å². The van der Waals surface area contributed by atoms with Gasteiger partial charge in [-0.05, 0) is 40.2 Å². The van der Waals surface area contributed by atoms with Crippen LogP contribution in [0.15, 0.2) is 6.07 Å². The number of nitrogens with one attached hydrogen (secondary N) is 1. The van der Waals surface area contributed by atoms with Crippen LogP contribution in [-0.4, -0.2) is 48.2 Å². The molecule has 0 amide bonds. The lowest BCUT2D eigenvalue weighted by Crippen LogP contribution is -2.42. The Kier molecular flexibility index (Phi) is 5.12. The van der Waals surface area contributed by atoms with Crippen molar-refractivity contribution >= 4 is 11.8 Å². The number of hydrogen-bond acceptors (Lipinski definition) is 6. The number of aromatic nitrogens is 2. The summed E-state index contributed by atoms with van der Waals surface area (Å²) in [6.07, 6.45) is 2.39. The summed E-state index contributed by atoms with van der Waals surface area (Å²) < 4.78 is 4.73. The lowest BCUT2D eigenvalue weighted by molar-refractivity contribution is 0.0586. The van der Waals surface area contributed by atoms with E-state index in [9.17, 15) is 4.79 Å². The van der Waals surface area contributed by atoms with Crippen LogP contribution in [0.2, 0.25) is 0 Å². The third kappa shape index (κ3) is 3.91. The number of rotatable bonds is 5. The minimum absolute atomic E-state index is 0.123. The molecule has 21 heavy (non-hydrogen) atoms. The third-order valence-corrected chi connectivity index (χ3v) is 3.71. The van der Waals surface area contributed by atoms with Crippen LogP contribution in [0.25, 0.3) is 0 Å². The second kappa shape index (κ2) is 6.85. The number of nitrogens with zero attached hydrogens (tertiary/aromatic N) is 3. The second-order valence-corrected chi connectivity index (χ2v) is 5.72. The molecule has 1 N–H and O–H groups in total. The Hall–Kier alpha value is -1.69. The van der Waals surface area contributed by atoms with Crippen LogP contribution in [0, 0.1) is 6.92 Å². The summed E-state index contributed by atoms with van der Waals surface area (Å²) in [5.74, 6) is 0.409. The zero-order valence-corrected chi connectivity index (χ0v) is 13.2. The molecule has 0 spiro atoms. The topological polar surface area (TPSA) is 67.3 Å². The molecule has 0 bridgehead atoms. The summed E-state index contributed by atoms with van der Waals surface area (Å²) >= 11 is 0. The van der Waals surface area contributed by atoms with Gasteiger partial charge in [-0.2, -0.15) is 0 Å². The first kappa shape index (κ1) is 15.7. The highest BCUT2D eigenvalue weighted by molar-refractivity contribution is 5.85. The van der Waals surface area contributed by atoms with E-state index in [1.807, 2.05) is 13.0 Å². The highest BCUT2D eigenvalue weighted by Crippen LogP contribution is 2.18. The van der Waals surface area contributed by atoms with Crippen LogP contribution >= 0.6 is 0 Å². The molecule has 0 saturated carbocycles. The maximum Gasteiger partial charge on any atom is 0.376 e. The molecular weight excluding hydrogens is 268 g/mol. The van der Waals surface area contributed by atoms with Crippen molar-refractivity contribution in [3.05, 3.63) is 17.6 Å². The summed E-state index contributed by atoms with van der Waals surface area (Å²) in [7, 11) is 1.34. The van der Waals surface area contributed by atoms with Crippen LogP contribution < -0.4 is 10.2 Å². The minimum Gasteiger partial charge on any atom is -0.463 e. The molecule has 1 aromatic heterocycles. The molecule has 2 rings (SSSR count).